The van der Waals surface area contributed by atoms with Gasteiger partial charge in [0, 0.05) is 22.9 Å². The van der Waals surface area contributed by atoms with E-state index in [1.807, 2.05) is 0 Å². The molecule has 0 unspecified atom stereocenters. The van der Waals surface area contributed by atoms with Gasteiger partial charge in [0.15, 0.2) is 23.3 Å². The lowest BCUT2D eigenvalue weighted by molar-refractivity contribution is 0.0927. The first-order valence-corrected chi connectivity index (χ1v) is 12.0. The Morgan fingerprint density at radius 3 is 2.08 bits per heavy atom. The van der Waals surface area contributed by atoms with Crippen molar-refractivity contribution in [3.05, 3.63) is 82.7 Å². The molecule has 38 heavy (non-hydrogen) atoms. The Kier molecular flexibility index (Phi) is 6.83. The van der Waals surface area contributed by atoms with E-state index in [0.29, 0.717) is 28.0 Å². The number of imidazole rings is 1. The van der Waals surface area contributed by atoms with Crippen molar-refractivity contribution in [2.45, 2.75) is 38.1 Å². The van der Waals surface area contributed by atoms with Crippen LogP contribution in [0.4, 0.5) is 27.6 Å². The highest BCUT2D eigenvalue weighted by Gasteiger charge is 2.29. The van der Waals surface area contributed by atoms with Crippen molar-refractivity contribution >= 4 is 28.5 Å². The van der Waals surface area contributed by atoms with E-state index >= 15 is 0 Å². The summed E-state index contributed by atoms with van der Waals surface area (Å²) in [6.07, 6.45) is 5.34. The highest BCUT2D eigenvalue weighted by atomic mass is 19.2. The third kappa shape index (κ3) is 4.83. The number of H-pyrrole nitrogens is 1. The van der Waals surface area contributed by atoms with Crippen LogP contribution in [0.3, 0.4) is 0 Å². The van der Waals surface area contributed by atoms with Crippen LogP contribution in [0.1, 0.15) is 52.8 Å². The van der Waals surface area contributed by atoms with Crippen molar-refractivity contribution in [3.8, 4) is 11.4 Å². The Morgan fingerprint density at radius 2 is 1.42 bits per heavy atom. The van der Waals surface area contributed by atoms with Crippen molar-refractivity contribution < 1.29 is 31.5 Å². The first-order valence-electron chi connectivity index (χ1n) is 12.0. The molecule has 6 nitrogen and oxygen atoms in total. The summed E-state index contributed by atoms with van der Waals surface area (Å²) >= 11 is 0. The molecule has 3 aromatic carbocycles. The number of rotatable bonds is 5. The fraction of sp³-hybridized carbons (Fsp3) is 0.222. The molecular formula is C27H21F5N4O2. The van der Waals surface area contributed by atoms with Gasteiger partial charge in [-0.05, 0) is 55.3 Å². The van der Waals surface area contributed by atoms with Crippen LogP contribution in [0.5, 0.6) is 0 Å². The zero-order valence-corrected chi connectivity index (χ0v) is 19.8. The van der Waals surface area contributed by atoms with Crippen LogP contribution in [-0.2, 0) is 0 Å². The minimum absolute atomic E-state index is 0.0560. The second kappa shape index (κ2) is 10.2. The molecule has 0 atom stereocenters. The van der Waals surface area contributed by atoms with E-state index in [0.717, 1.165) is 25.7 Å². The Labute approximate surface area is 213 Å². The van der Waals surface area contributed by atoms with Crippen molar-refractivity contribution in [2.24, 2.45) is 0 Å². The molecule has 0 radical (unpaired) electrons. The summed E-state index contributed by atoms with van der Waals surface area (Å²) < 4.78 is 67.9. The molecule has 0 aliphatic heterocycles. The van der Waals surface area contributed by atoms with Crippen LogP contribution in [0, 0.1) is 29.1 Å². The summed E-state index contributed by atoms with van der Waals surface area (Å²) in [6.45, 7) is 0. The lowest BCUT2D eigenvalue weighted by Crippen LogP contribution is -2.36. The number of anilines is 1. The molecule has 1 fully saturated rings. The van der Waals surface area contributed by atoms with Crippen LogP contribution >= 0.6 is 0 Å². The predicted molar refractivity (Wildman–Crippen MR) is 130 cm³/mol. The number of carbonyl (C=O) groups excluding carboxylic acids is 2. The zero-order valence-electron chi connectivity index (χ0n) is 19.8. The molecule has 1 heterocycles. The number of amides is 2. The number of carbonyl (C=O) groups is 2. The maximum atomic E-state index is 13.9. The summed E-state index contributed by atoms with van der Waals surface area (Å²) in [5, 5.41) is 5.20. The highest BCUT2D eigenvalue weighted by molar-refractivity contribution is 6.04. The quantitative estimate of drug-likeness (QED) is 0.163. The molecular weight excluding hydrogens is 507 g/mol. The van der Waals surface area contributed by atoms with Crippen LogP contribution in [0.15, 0.2) is 42.5 Å². The van der Waals surface area contributed by atoms with E-state index in [4.69, 9.17) is 0 Å². The number of nitrogens with one attached hydrogen (secondary N) is 3. The Hall–Kier alpha value is -4.28. The van der Waals surface area contributed by atoms with Gasteiger partial charge in [-0.25, -0.2) is 26.9 Å². The van der Waals surface area contributed by atoms with Gasteiger partial charge in [-0.1, -0.05) is 19.3 Å². The SMILES string of the molecule is O=C(NC1CCCCC1)c1ccc2nc(-c3ccc(NC(=O)c4c(F)c(F)c(F)c(F)c4F)cc3)[nH]c2c1. The van der Waals surface area contributed by atoms with E-state index in [2.05, 4.69) is 20.6 Å². The smallest absolute Gasteiger partial charge is 0.261 e. The van der Waals surface area contributed by atoms with E-state index in [1.165, 1.54) is 18.6 Å². The first-order chi connectivity index (χ1) is 18.2. The number of benzene rings is 3. The summed E-state index contributed by atoms with van der Waals surface area (Å²) in [5.41, 5.74) is 0.831. The summed E-state index contributed by atoms with van der Waals surface area (Å²) in [6, 6.07) is 11.2. The molecule has 1 aromatic heterocycles. The number of nitrogens with zero attached hydrogens (tertiary/aromatic N) is 1. The second-order valence-corrected chi connectivity index (χ2v) is 9.10. The van der Waals surface area contributed by atoms with E-state index in [9.17, 15) is 31.5 Å². The molecule has 1 saturated carbocycles. The number of fused-ring (bicyclic) bond motifs is 1. The van der Waals surface area contributed by atoms with Crippen LogP contribution in [-0.4, -0.2) is 27.8 Å². The molecule has 0 saturated heterocycles. The minimum Gasteiger partial charge on any atom is -0.349 e. The lowest BCUT2D eigenvalue weighted by atomic mass is 9.95. The van der Waals surface area contributed by atoms with Gasteiger partial charge in [0.25, 0.3) is 11.8 Å². The fourth-order valence-electron chi connectivity index (χ4n) is 4.51. The molecule has 2 amide bonds. The fourth-order valence-corrected chi connectivity index (χ4v) is 4.51. The molecule has 0 spiro atoms. The summed E-state index contributed by atoms with van der Waals surface area (Å²) in [7, 11) is 0. The molecule has 1 aliphatic carbocycles. The molecule has 3 N–H and O–H groups in total. The molecule has 11 heteroatoms. The Morgan fingerprint density at radius 1 is 0.789 bits per heavy atom. The summed E-state index contributed by atoms with van der Waals surface area (Å²) in [5.74, 6) is -12.4. The predicted octanol–water partition coefficient (Wildman–Crippen LogP) is 6.24. The Balaban J connectivity index is 1.32. The third-order valence-electron chi connectivity index (χ3n) is 6.54. The first kappa shape index (κ1) is 25.4. The molecule has 5 rings (SSSR count). The van der Waals surface area contributed by atoms with Crippen LogP contribution < -0.4 is 10.6 Å². The molecule has 196 valence electrons. The maximum Gasteiger partial charge on any atom is 0.261 e. The maximum absolute atomic E-state index is 13.9. The topological polar surface area (TPSA) is 86.9 Å². The van der Waals surface area contributed by atoms with Crippen molar-refractivity contribution in [1.82, 2.24) is 15.3 Å². The monoisotopic (exact) mass is 528 g/mol. The van der Waals surface area contributed by atoms with Crippen LogP contribution in [0.25, 0.3) is 22.4 Å². The van der Waals surface area contributed by atoms with Gasteiger partial charge in [-0.2, -0.15) is 0 Å². The number of hydrogen-bond donors (Lipinski definition) is 3. The lowest BCUT2D eigenvalue weighted by Gasteiger charge is -2.22. The van der Waals surface area contributed by atoms with Gasteiger partial charge < -0.3 is 15.6 Å². The number of halogens is 5. The normalized spacial score (nSPS) is 14.0. The Bertz CT molecular complexity index is 1520. The average Bonchev–Trinajstić information content (AvgIpc) is 3.35. The second-order valence-electron chi connectivity index (χ2n) is 9.10. The largest absolute Gasteiger partial charge is 0.349 e. The molecule has 1 aliphatic rings. The van der Waals surface area contributed by atoms with Gasteiger partial charge in [0.1, 0.15) is 11.4 Å². The molecule has 4 aromatic rings. The van der Waals surface area contributed by atoms with E-state index in [-0.39, 0.29) is 17.6 Å². The van der Waals surface area contributed by atoms with Gasteiger partial charge in [0.05, 0.1) is 11.0 Å². The van der Waals surface area contributed by atoms with Gasteiger partial charge >= 0.3 is 0 Å². The minimum atomic E-state index is -2.34. The van der Waals surface area contributed by atoms with E-state index < -0.39 is 40.6 Å². The number of aromatic nitrogens is 2. The van der Waals surface area contributed by atoms with Gasteiger partial charge in [0.2, 0.25) is 5.82 Å². The highest BCUT2D eigenvalue weighted by Crippen LogP contribution is 2.26. The van der Waals surface area contributed by atoms with E-state index in [1.54, 1.807) is 30.3 Å². The van der Waals surface area contributed by atoms with Crippen molar-refractivity contribution in [1.29, 1.82) is 0 Å². The standard InChI is InChI=1S/C27H21F5N4O2/c28-20-19(21(29)23(31)24(32)22(20)30)27(38)34-16-9-6-13(7-10-16)25-35-17-11-8-14(12-18(17)36-25)26(37)33-15-4-2-1-3-5-15/h6-12,15H,1-5H2,(H,33,37)(H,34,38)(H,35,36). The third-order valence-corrected chi connectivity index (χ3v) is 6.54. The van der Waals surface area contributed by atoms with Crippen molar-refractivity contribution in [2.75, 3.05) is 5.32 Å². The number of hydrogen-bond acceptors (Lipinski definition) is 3. The summed E-state index contributed by atoms with van der Waals surface area (Å²) in [4.78, 5) is 32.6. The van der Waals surface area contributed by atoms with Crippen molar-refractivity contribution in [3.63, 3.8) is 0 Å². The number of aromatic amines is 1. The molecule has 0 bridgehead atoms. The van der Waals surface area contributed by atoms with Gasteiger partial charge in [-0.15, -0.1) is 0 Å². The average molecular weight is 528 g/mol. The zero-order chi connectivity index (χ0) is 27.0. The van der Waals surface area contributed by atoms with Gasteiger partial charge in [-0.3, -0.25) is 9.59 Å². The van der Waals surface area contributed by atoms with Crippen LogP contribution in [0.2, 0.25) is 0 Å².